The van der Waals surface area contributed by atoms with Gasteiger partial charge in [-0.1, -0.05) is 29.3 Å². The lowest BCUT2D eigenvalue weighted by Crippen LogP contribution is -2.36. The highest BCUT2D eigenvalue weighted by molar-refractivity contribution is 6.42. The van der Waals surface area contributed by atoms with Crippen LogP contribution in [-0.4, -0.2) is 30.9 Å². The van der Waals surface area contributed by atoms with Crippen LogP contribution in [0.15, 0.2) is 18.2 Å². The number of nitrogens with zero attached hydrogens (tertiary/aromatic N) is 1. The number of nitrogens with one attached hydrogen (secondary N) is 1. The van der Waals surface area contributed by atoms with Crippen LogP contribution in [0.5, 0.6) is 0 Å². The Morgan fingerprint density at radius 1 is 1.33 bits per heavy atom. The zero-order valence-corrected chi connectivity index (χ0v) is 12.7. The molecular formula is C12H17Cl3N2O. The maximum absolute atomic E-state index is 11.7. The van der Waals surface area contributed by atoms with E-state index in [2.05, 4.69) is 5.32 Å². The smallest absolute Gasteiger partial charge is 0.236 e. The molecule has 0 aliphatic rings. The average Bonchev–Trinajstić information content (AvgIpc) is 2.30. The van der Waals surface area contributed by atoms with Crippen LogP contribution in [0.3, 0.4) is 0 Å². The second kappa shape index (κ2) is 8.59. The fourth-order valence-corrected chi connectivity index (χ4v) is 1.82. The number of hydrogen-bond acceptors (Lipinski definition) is 2. The van der Waals surface area contributed by atoms with E-state index in [9.17, 15) is 4.79 Å². The fraction of sp³-hybridized carbons (Fsp3) is 0.417. The van der Waals surface area contributed by atoms with Gasteiger partial charge in [0.2, 0.25) is 5.91 Å². The highest BCUT2D eigenvalue weighted by Crippen LogP contribution is 2.23. The summed E-state index contributed by atoms with van der Waals surface area (Å²) in [5.41, 5.74) is 0.978. The minimum Gasteiger partial charge on any atom is -0.338 e. The molecule has 0 saturated carbocycles. The number of amides is 1. The molecule has 0 heterocycles. The molecule has 0 unspecified atom stereocenters. The van der Waals surface area contributed by atoms with Crippen molar-refractivity contribution in [1.82, 2.24) is 10.2 Å². The van der Waals surface area contributed by atoms with E-state index in [1.807, 2.05) is 13.0 Å². The van der Waals surface area contributed by atoms with E-state index in [0.717, 1.165) is 5.56 Å². The number of rotatable bonds is 5. The molecule has 1 N–H and O–H groups in total. The summed E-state index contributed by atoms with van der Waals surface area (Å²) in [7, 11) is 1.75. The highest BCUT2D eigenvalue weighted by atomic mass is 35.5. The van der Waals surface area contributed by atoms with E-state index in [1.54, 1.807) is 24.1 Å². The van der Waals surface area contributed by atoms with E-state index in [1.165, 1.54) is 0 Å². The summed E-state index contributed by atoms with van der Waals surface area (Å²) in [4.78, 5) is 13.5. The molecule has 18 heavy (non-hydrogen) atoms. The first-order valence-corrected chi connectivity index (χ1v) is 6.20. The first-order valence-electron chi connectivity index (χ1n) is 5.44. The Morgan fingerprint density at radius 3 is 2.50 bits per heavy atom. The van der Waals surface area contributed by atoms with Gasteiger partial charge in [-0.15, -0.1) is 12.4 Å². The summed E-state index contributed by atoms with van der Waals surface area (Å²) < 4.78 is 0. The molecule has 0 atom stereocenters. The largest absolute Gasteiger partial charge is 0.338 e. The molecular weight excluding hydrogens is 295 g/mol. The van der Waals surface area contributed by atoms with Crippen molar-refractivity contribution in [1.29, 1.82) is 0 Å². The summed E-state index contributed by atoms with van der Waals surface area (Å²) in [5.74, 6) is 0.0704. The van der Waals surface area contributed by atoms with Crippen LogP contribution in [0, 0.1) is 0 Å². The lowest BCUT2D eigenvalue weighted by atomic mass is 10.2. The van der Waals surface area contributed by atoms with Crippen molar-refractivity contribution < 1.29 is 4.79 Å². The molecule has 1 aromatic rings. The second-order valence-electron chi connectivity index (χ2n) is 3.69. The third-order valence-electron chi connectivity index (χ3n) is 2.42. The first kappa shape index (κ1) is 17.5. The van der Waals surface area contributed by atoms with E-state index < -0.39 is 0 Å². The minimum atomic E-state index is 0. The third kappa shape index (κ3) is 5.02. The number of benzene rings is 1. The monoisotopic (exact) mass is 310 g/mol. The number of carbonyl (C=O) groups excluding carboxylic acids is 1. The zero-order valence-electron chi connectivity index (χ0n) is 10.4. The molecule has 0 bridgehead atoms. The van der Waals surface area contributed by atoms with Gasteiger partial charge in [0.25, 0.3) is 0 Å². The first-order chi connectivity index (χ1) is 8.08. The molecule has 102 valence electrons. The van der Waals surface area contributed by atoms with Crippen molar-refractivity contribution in [3.63, 3.8) is 0 Å². The van der Waals surface area contributed by atoms with Crippen molar-refractivity contribution in [3.8, 4) is 0 Å². The molecule has 0 aliphatic carbocycles. The minimum absolute atomic E-state index is 0. The Hall–Kier alpha value is -0.480. The molecule has 0 radical (unpaired) electrons. The van der Waals surface area contributed by atoms with Crippen molar-refractivity contribution in [2.75, 3.05) is 20.1 Å². The third-order valence-corrected chi connectivity index (χ3v) is 3.16. The van der Waals surface area contributed by atoms with E-state index in [-0.39, 0.29) is 18.3 Å². The molecule has 0 aliphatic heterocycles. The van der Waals surface area contributed by atoms with Gasteiger partial charge in [-0.05, 0) is 31.7 Å². The van der Waals surface area contributed by atoms with Gasteiger partial charge in [0, 0.05) is 13.1 Å². The summed E-state index contributed by atoms with van der Waals surface area (Å²) in [6, 6.07) is 5.42. The predicted octanol–water partition coefficient (Wildman–Crippen LogP) is 2.98. The average molecular weight is 312 g/mol. The summed E-state index contributed by atoms with van der Waals surface area (Å²) in [5, 5.41) is 3.89. The van der Waals surface area contributed by atoms with Crippen LogP contribution in [0.25, 0.3) is 0 Å². The quantitative estimate of drug-likeness (QED) is 0.906. The van der Waals surface area contributed by atoms with E-state index >= 15 is 0 Å². The van der Waals surface area contributed by atoms with E-state index in [4.69, 9.17) is 23.2 Å². The van der Waals surface area contributed by atoms with Gasteiger partial charge in [0.15, 0.2) is 0 Å². The van der Waals surface area contributed by atoms with Crippen molar-refractivity contribution in [2.24, 2.45) is 0 Å². The van der Waals surface area contributed by atoms with Crippen LogP contribution in [0.1, 0.15) is 12.5 Å². The van der Waals surface area contributed by atoms with Crippen LogP contribution in [-0.2, 0) is 11.3 Å². The summed E-state index contributed by atoms with van der Waals surface area (Å²) in [6.45, 7) is 3.51. The highest BCUT2D eigenvalue weighted by Gasteiger charge is 2.11. The van der Waals surface area contributed by atoms with Gasteiger partial charge in [-0.3, -0.25) is 4.79 Å². The van der Waals surface area contributed by atoms with Gasteiger partial charge in [-0.25, -0.2) is 0 Å². The topological polar surface area (TPSA) is 32.3 Å². The molecule has 0 fully saturated rings. The van der Waals surface area contributed by atoms with Gasteiger partial charge in [-0.2, -0.15) is 0 Å². The Labute approximate surface area is 124 Å². The maximum atomic E-state index is 11.7. The van der Waals surface area contributed by atoms with Crippen molar-refractivity contribution >= 4 is 41.5 Å². The summed E-state index contributed by atoms with van der Waals surface area (Å²) in [6.07, 6.45) is 0. The van der Waals surface area contributed by atoms with Crippen LogP contribution in [0.2, 0.25) is 10.0 Å². The SMILES string of the molecule is CCN(Cc1ccc(Cl)c(Cl)c1)C(=O)CNC.Cl. The van der Waals surface area contributed by atoms with Gasteiger partial charge >= 0.3 is 0 Å². The van der Waals surface area contributed by atoms with Crippen molar-refractivity contribution in [2.45, 2.75) is 13.5 Å². The maximum Gasteiger partial charge on any atom is 0.236 e. The van der Waals surface area contributed by atoms with Crippen LogP contribution >= 0.6 is 35.6 Å². The summed E-state index contributed by atoms with van der Waals surface area (Å²) >= 11 is 11.8. The predicted molar refractivity (Wildman–Crippen MR) is 78.7 cm³/mol. The molecule has 1 rings (SSSR count). The molecule has 3 nitrogen and oxygen atoms in total. The van der Waals surface area contributed by atoms with Crippen molar-refractivity contribution in [3.05, 3.63) is 33.8 Å². The van der Waals surface area contributed by atoms with Crippen LogP contribution < -0.4 is 5.32 Å². The number of carbonyl (C=O) groups is 1. The van der Waals surface area contributed by atoms with Gasteiger partial charge < -0.3 is 10.2 Å². The zero-order chi connectivity index (χ0) is 12.8. The Morgan fingerprint density at radius 2 is 2.00 bits per heavy atom. The normalized spacial score (nSPS) is 9.78. The Bertz CT molecular complexity index is 399. The number of hydrogen-bond donors (Lipinski definition) is 1. The van der Waals surface area contributed by atoms with Gasteiger partial charge in [0.05, 0.1) is 16.6 Å². The standard InChI is InChI=1S/C12H16Cl2N2O.ClH/c1-3-16(12(17)7-15-2)8-9-4-5-10(13)11(14)6-9;/h4-6,15H,3,7-8H2,1-2H3;1H. The second-order valence-corrected chi connectivity index (χ2v) is 4.50. The number of likely N-dealkylation sites (N-methyl/N-ethyl adjacent to an activating group) is 2. The lowest BCUT2D eigenvalue weighted by Gasteiger charge is -2.21. The fourth-order valence-electron chi connectivity index (χ4n) is 1.50. The molecule has 1 aromatic carbocycles. The van der Waals surface area contributed by atoms with E-state index in [0.29, 0.717) is 29.7 Å². The molecule has 6 heteroatoms. The Balaban J connectivity index is 0.00000289. The molecule has 0 spiro atoms. The molecule has 0 saturated heterocycles. The Kier molecular flexibility index (Phi) is 8.36. The number of halogens is 3. The molecule has 1 amide bonds. The van der Waals surface area contributed by atoms with Crippen LogP contribution in [0.4, 0.5) is 0 Å². The molecule has 0 aromatic heterocycles. The lowest BCUT2D eigenvalue weighted by molar-refractivity contribution is -0.130. The van der Waals surface area contributed by atoms with Gasteiger partial charge in [0.1, 0.15) is 0 Å².